The van der Waals surface area contributed by atoms with E-state index in [1.165, 1.54) is 4.68 Å². The van der Waals surface area contributed by atoms with Crippen molar-refractivity contribution in [3.63, 3.8) is 0 Å². The second-order valence-corrected chi connectivity index (χ2v) is 8.12. The summed E-state index contributed by atoms with van der Waals surface area (Å²) in [6.07, 6.45) is 2.04. The van der Waals surface area contributed by atoms with Crippen LogP contribution in [-0.2, 0) is 6.54 Å². The molecule has 0 radical (unpaired) electrons. The van der Waals surface area contributed by atoms with Crippen molar-refractivity contribution in [3.8, 4) is 0 Å². The zero-order chi connectivity index (χ0) is 22.8. The van der Waals surface area contributed by atoms with Gasteiger partial charge in [0.15, 0.2) is 5.69 Å². The summed E-state index contributed by atoms with van der Waals surface area (Å²) in [5.74, 6) is -0.542. The fraction of sp³-hybridized carbons (Fsp3) is 0.154. The molecule has 2 amide bonds. The lowest BCUT2D eigenvalue weighted by Crippen LogP contribution is -2.28. The Hall–Kier alpha value is -4.26. The molecular formula is C26H22N4O3. The van der Waals surface area contributed by atoms with Crippen LogP contribution in [0.4, 0.5) is 5.69 Å². The maximum absolute atomic E-state index is 13.1. The first-order valence-electron chi connectivity index (χ1n) is 10.8. The molecular weight excluding hydrogens is 416 g/mol. The van der Waals surface area contributed by atoms with E-state index in [0.717, 1.165) is 18.4 Å². The molecule has 1 aliphatic carbocycles. The number of rotatable bonds is 6. The normalized spacial score (nSPS) is 13.0. The van der Waals surface area contributed by atoms with Gasteiger partial charge in [-0.3, -0.25) is 14.4 Å². The minimum atomic E-state index is -0.428. The number of fused-ring (bicyclic) bond motifs is 1. The van der Waals surface area contributed by atoms with Gasteiger partial charge in [0.1, 0.15) is 0 Å². The number of amides is 2. The number of hydrogen-bond donors (Lipinski definition) is 2. The SMILES string of the molecule is O=C(NC1CC1)c1ccc(NC(=O)c2nn(Cc3ccccc3)c(=O)c3ccccc23)cc1. The van der Waals surface area contributed by atoms with Crippen molar-refractivity contribution in [2.24, 2.45) is 0 Å². The third-order valence-electron chi connectivity index (χ3n) is 5.58. The number of benzene rings is 3. The number of carbonyl (C=O) groups excluding carboxylic acids is 2. The van der Waals surface area contributed by atoms with Crippen LogP contribution in [0, 0.1) is 0 Å². The quantitative estimate of drug-likeness (QED) is 0.481. The Labute approximate surface area is 190 Å². The van der Waals surface area contributed by atoms with Gasteiger partial charge in [-0.2, -0.15) is 5.10 Å². The molecule has 4 aromatic rings. The first-order chi connectivity index (χ1) is 16.1. The van der Waals surface area contributed by atoms with Crippen LogP contribution in [0.2, 0.25) is 0 Å². The highest BCUT2D eigenvalue weighted by Crippen LogP contribution is 2.20. The Kier molecular flexibility index (Phi) is 5.44. The average molecular weight is 438 g/mol. The van der Waals surface area contributed by atoms with Crippen molar-refractivity contribution < 1.29 is 9.59 Å². The molecule has 1 fully saturated rings. The van der Waals surface area contributed by atoms with Crippen molar-refractivity contribution in [2.45, 2.75) is 25.4 Å². The highest BCUT2D eigenvalue weighted by molar-refractivity contribution is 6.11. The van der Waals surface area contributed by atoms with E-state index in [-0.39, 0.29) is 29.7 Å². The van der Waals surface area contributed by atoms with Gasteiger partial charge in [0.25, 0.3) is 17.4 Å². The molecule has 0 saturated heterocycles. The third-order valence-corrected chi connectivity index (χ3v) is 5.58. The van der Waals surface area contributed by atoms with Gasteiger partial charge < -0.3 is 10.6 Å². The minimum absolute atomic E-state index is 0.115. The first kappa shape index (κ1) is 20.6. The van der Waals surface area contributed by atoms with E-state index in [0.29, 0.717) is 22.0 Å². The highest BCUT2D eigenvalue weighted by atomic mass is 16.2. The summed E-state index contributed by atoms with van der Waals surface area (Å²) in [7, 11) is 0. The molecule has 33 heavy (non-hydrogen) atoms. The zero-order valence-electron chi connectivity index (χ0n) is 17.8. The fourth-order valence-corrected chi connectivity index (χ4v) is 3.66. The van der Waals surface area contributed by atoms with Gasteiger partial charge in [0, 0.05) is 22.7 Å². The number of hydrogen-bond acceptors (Lipinski definition) is 4. The molecule has 0 unspecified atom stereocenters. The molecule has 1 aromatic heterocycles. The summed E-state index contributed by atoms with van der Waals surface area (Å²) in [4.78, 5) is 38.3. The lowest BCUT2D eigenvalue weighted by atomic mass is 10.1. The predicted molar refractivity (Wildman–Crippen MR) is 126 cm³/mol. The minimum Gasteiger partial charge on any atom is -0.349 e. The fourth-order valence-electron chi connectivity index (χ4n) is 3.66. The highest BCUT2D eigenvalue weighted by Gasteiger charge is 2.23. The summed E-state index contributed by atoms with van der Waals surface area (Å²) in [6.45, 7) is 0.260. The molecule has 7 nitrogen and oxygen atoms in total. The second-order valence-electron chi connectivity index (χ2n) is 8.12. The molecule has 0 bridgehead atoms. The van der Waals surface area contributed by atoms with Crippen molar-refractivity contribution in [3.05, 3.63) is 106 Å². The van der Waals surface area contributed by atoms with E-state index in [2.05, 4.69) is 15.7 Å². The smallest absolute Gasteiger partial charge is 0.276 e. The average Bonchev–Trinajstić information content (AvgIpc) is 3.66. The molecule has 1 aliphatic rings. The van der Waals surface area contributed by atoms with Crippen molar-refractivity contribution in [1.29, 1.82) is 0 Å². The van der Waals surface area contributed by atoms with Crippen LogP contribution in [0.3, 0.4) is 0 Å². The number of aromatic nitrogens is 2. The molecule has 0 aliphatic heterocycles. The zero-order valence-corrected chi connectivity index (χ0v) is 17.8. The van der Waals surface area contributed by atoms with E-state index in [4.69, 9.17) is 0 Å². The topological polar surface area (TPSA) is 93.1 Å². The van der Waals surface area contributed by atoms with Gasteiger partial charge in [0.05, 0.1) is 11.9 Å². The van der Waals surface area contributed by atoms with Gasteiger partial charge in [-0.15, -0.1) is 0 Å². The molecule has 3 aromatic carbocycles. The van der Waals surface area contributed by atoms with Crippen LogP contribution in [-0.4, -0.2) is 27.6 Å². The van der Waals surface area contributed by atoms with Crippen LogP contribution in [0.1, 0.15) is 39.3 Å². The molecule has 5 rings (SSSR count). The summed E-state index contributed by atoms with van der Waals surface area (Å²) >= 11 is 0. The summed E-state index contributed by atoms with van der Waals surface area (Å²) in [5.41, 5.74) is 1.90. The Morgan fingerprint density at radius 2 is 1.52 bits per heavy atom. The predicted octanol–water partition coefficient (Wildman–Crippen LogP) is 3.59. The molecule has 7 heteroatoms. The molecule has 2 N–H and O–H groups in total. The summed E-state index contributed by atoms with van der Waals surface area (Å²) in [6, 6.07) is 23.5. The largest absolute Gasteiger partial charge is 0.349 e. The van der Waals surface area contributed by atoms with Crippen LogP contribution in [0.5, 0.6) is 0 Å². The molecule has 1 heterocycles. The molecule has 1 saturated carbocycles. The number of carbonyl (C=O) groups is 2. The Bertz CT molecular complexity index is 1390. The van der Waals surface area contributed by atoms with E-state index in [1.807, 2.05) is 30.3 Å². The monoisotopic (exact) mass is 438 g/mol. The van der Waals surface area contributed by atoms with Gasteiger partial charge in [-0.05, 0) is 48.7 Å². The molecule has 0 spiro atoms. The molecule has 164 valence electrons. The Morgan fingerprint density at radius 1 is 0.848 bits per heavy atom. The van der Waals surface area contributed by atoms with Crippen molar-refractivity contribution in [1.82, 2.24) is 15.1 Å². The van der Waals surface area contributed by atoms with Crippen LogP contribution in [0.15, 0.2) is 83.7 Å². The maximum atomic E-state index is 13.1. The van der Waals surface area contributed by atoms with E-state index in [1.54, 1.807) is 48.5 Å². The van der Waals surface area contributed by atoms with Crippen LogP contribution < -0.4 is 16.2 Å². The van der Waals surface area contributed by atoms with Crippen LogP contribution >= 0.6 is 0 Å². The third kappa shape index (κ3) is 4.52. The number of nitrogens with zero attached hydrogens (tertiary/aromatic N) is 2. The van der Waals surface area contributed by atoms with E-state index >= 15 is 0 Å². The summed E-state index contributed by atoms with van der Waals surface area (Å²) in [5, 5.41) is 11.1. The second kappa shape index (κ2) is 8.70. The first-order valence-corrected chi connectivity index (χ1v) is 10.8. The van der Waals surface area contributed by atoms with Crippen molar-refractivity contribution in [2.75, 3.05) is 5.32 Å². The lowest BCUT2D eigenvalue weighted by molar-refractivity contribution is 0.0950. The summed E-state index contributed by atoms with van der Waals surface area (Å²) < 4.78 is 1.32. The van der Waals surface area contributed by atoms with Gasteiger partial charge in [0.2, 0.25) is 0 Å². The standard InChI is InChI=1S/C26H22N4O3/c31-24(27-20-14-15-20)18-10-12-19(13-11-18)28-25(32)23-21-8-4-5-9-22(21)26(33)30(29-23)16-17-6-2-1-3-7-17/h1-13,20H,14-16H2,(H,27,31)(H,28,32). The van der Waals surface area contributed by atoms with Gasteiger partial charge in [-0.1, -0.05) is 48.5 Å². The van der Waals surface area contributed by atoms with E-state index in [9.17, 15) is 14.4 Å². The van der Waals surface area contributed by atoms with Crippen LogP contribution in [0.25, 0.3) is 10.8 Å². The number of anilines is 1. The van der Waals surface area contributed by atoms with E-state index < -0.39 is 5.91 Å². The van der Waals surface area contributed by atoms with Crippen molar-refractivity contribution >= 4 is 28.3 Å². The Morgan fingerprint density at radius 3 is 2.21 bits per heavy atom. The lowest BCUT2D eigenvalue weighted by Gasteiger charge is -2.12. The maximum Gasteiger partial charge on any atom is 0.276 e. The molecule has 0 atom stereocenters. The Balaban J connectivity index is 1.43. The number of nitrogens with one attached hydrogen (secondary N) is 2. The van der Waals surface area contributed by atoms with Gasteiger partial charge >= 0.3 is 0 Å². The van der Waals surface area contributed by atoms with Gasteiger partial charge in [-0.25, -0.2) is 4.68 Å².